The van der Waals surface area contributed by atoms with Crippen LogP contribution in [0.3, 0.4) is 0 Å². The van der Waals surface area contributed by atoms with Crippen molar-refractivity contribution in [3.8, 4) is 0 Å². The largest absolute Gasteiger partial charge is 1.00 e. The molecule has 0 saturated heterocycles. The van der Waals surface area contributed by atoms with Crippen molar-refractivity contribution in [1.29, 1.82) is 0 Å². The first-order chi connectivity index (χ1) is 19.5. The number of hydrogen-bond donors (Lipinski definition) is 3. The molecule has 2 fully saturated rings. The van der Waals surface area contributed by atoms with Crippen LogP contribution in [0.4, 0.5) is 0 Å². The Kier molecular flexibility index (Phi) is 11.6. The standard InChI is InChI=1S/C16H16Cl3NO.C15H14Cl3NO2.Na.H2O/c1-7-12(10(17)6-11(18)14(7)19)13-8(2)16(3,9-4-5-9)20-15(13)21;1-6-10(8(16)5-9(17)12(6)18)11-13(20)15(2,7-3-4-7)19-14(11)21;;/h6,9H,4-5H2,1-3H3,(H,20,21);5,7,20H,3-4H2,1-2H3,(H,19,21);;1H2/q;;+1;/p-1. The van der Waals surface area contributed by atoms with E-state index in [1.54, 1.807) is 13.0 Å². The molecule has 13 heteroatoms. The van der Waals surface area contributed by atoms with Crippen LogP contribution in [0.2, 0.25) is 30.1 Å². The second-order valence-electron chi connectivity index (χ2n) is 11.9. The molecule has 4 N–H and O–H groups in total. The van der Waals surface area contributed by atoms with Crippen molar-refractivity contribution in [3.63, 3.8) is 0 Å². The second kappa shape index (κ2) is 13.5. The second-order valence-corrected chi connectivity index (χ2v) is 14.3. The average Bonchev–Trinajstić information content (AvgIpc) is 3.82. The Morgan fingerprint density at radius 2 is 1.05 bits per heavy atom. The third-order valence-corrected chi connectivity index (χ3v) is 11.5. The zero-order valence-corrected chi connectivity index (χ0v) is 31.7. The van der Waals surface area contributed by atoms with E-state index in [1.807, 2.05) is 20.8 Å². The van der Waals surface area contributed by atoms with Gasteiger partial charge >= 0.3 is 29.6 Å². The number of nitrogens with one attached hydrogen (secondary N) is 2. The van der Waals surface area contributed by atoms with E-state index in [0.29, 0.717) is 58.3 Å². The van der Waals surface area contributed by atoms with Gasteiger partial charge in [0.2, 0.25) is 0 Å². The Labute approximate surface area is 309 Å². The maximum atomic E-state index is 12.5. The van der Waals surface area contributed by atoms with Gasteiger partial charge in [-0.1, -0.05) is 69.6 Å². The SMILES string of the molecule is CC1=C(c2c(Cl)cc(Cl)c(Cl)c2C)C(=O)NC1(C)C1CC1.Cc1c(Cl)c(Cl)cc(Cl)c1C1=C(O)C(C)(C2CC2)NC1=O.[Na+].[OH-]. The van der Waals surface area contributed by atoms with Crippen LogP contribution >= 0.6 is 69.6 Å². The van der Waals surface area contributed by atoms with Crippen molar-refractivity contribution in [2.24, 2.45) is 11.8 Å². The van der Waals surface area contributed by atoms with Crippen molar-refractivity contribution in [1.82, 2.24) is 10.6 Å². The summed E-state index contributed by atoms with van der Waals surface area (Å²) < 4.78 is 0. The Hall–Kier alpha value is -0.640. The van der Waals surface area contributed by atoms with Gasteiger partial charge in [-0.3, -0.25) is 9.59 Å². The summed E-state index contributed by atoms with van der Waals surface area (Å²) in [6.07, 6.45) is 4.27. The molecule has 0 spiro atoms. The Morgan fingerprint density at radius 1 is 0.682 bits per heavy atom. The monoisotopic (exact) mass is 728 g/mol. The number of halogens is 6. The quantitative estimate of drug-likeness (QED) is 0.251. The molecule has 0 aromatic heterocycles. The molecule has 2 saturated carbocycles. The number of benzene rings is 2. The fourth-order valence-electron chi connectivity index (χ4n) is 6.15. The Balaban J connectivity index is 0.000000230. The molecule has 2 aliphatic heterocycles. The molecule has 4 aliphatic rings. The summed E-state index contributed by atoms with van der Waals surface area (Å²) >= 11 is 37.0. The van der Waals surface area contributed by atoms with Crippen LogP contribution in [0, 0.1) is 25.7 Å². The van der Waals surface area contributed by atoms with E-state index >= 15 is 0 Å². The third-order valence-electron chi connectivity index (χ3n) is 9.18. The van der Waals surface area contributed by atoms with Gasteiger partial charge in [-0.2, -0.15) is 0 Å². The van der Waals surface area contributed by atoms with E-state index in [2.05, 4.69) is 17.6 Å². The summed E-state index contributed by atoms with van der Waals surface area (Å²) in [6.45, 7) is 9.51. The van der Waals surface area contributed by atoms with E-state index in [-0.39, 0.29) is 69.6 Å². The van der Waals surface area contributed by atoms with Crippen LogP contribution < -0.4 is 40.2 Å². The third kappa shape index (κ3) is 6.31. The maximum absolute atomic E-state index is 12.5. The van der Waals surface area contributed by atoms with E-state index in [1.165, 1.54) is 6.07 Å². The minimum absolute atomic E-state index is 0. The molecule has 2 heterocycles. The zero-order valence-electron chi connectivity index (χ0n) is 25.1. The summed E-state index contributed by atoms with van der Waals surface area (Å²) in [5.74, 6) is 0.413. The van der Waals surface area contributed by atoms with Gasteiger partial charge in [0.05, 0.1) is 46.8 Å². The topological polar surface area (TPSA) is 108 Å². The first-order valence-electron chi connectivity index (χ1n) is 13.6. The molecule has 2 aromatic rings. The van der Waals surface area contributed by atoms with Crippen molar-refractivity contribution in [2.75, 3.05) is 0 Å². The molecule has 232 valence electrons. The van der Waals surface area contributed by atoms with Crippen LogP contribution in [0.1, 0.15) is 68.7 Å². The first kappa shape index (κ1) is 37.8. The van der Waals surface area contributed by atoms with Gasteiger partial charge in [0.1, 0.15) is 5.76 Å². The van der Waals surface area contributed by atoms with Crippen LogP contribution in [-0.4, -0.2) is 33.5 Å². The Bertz CT molecular complexity index is 1520. The van der Waals surface area contributed by atoms with Crippen molar-refractivity contribution < 1.29 is 49.7 Å². The molecule has 0 radical (unpaired) electrons. The van der Waals surface area contributed by atoms with Gasteiger partial charge in [-0.05, 0) is 101 Å². The molecule has 6 nitrogen and oxygen atoms in total. The number of amides is 2. The molecule has 2 atom stereocenters. The van der Waals surface area contributed by atoms with E-state index < -0.39 is 5.54 Å². The molecular formula is C31H31Cl6N2NaO4. The molecule has 2 unspecified atom stereocenters. The van der Waals surface area contributed by atoms with Crippen LogP contribution in [0.15, 0.2) is 23.5 Å². The molecule has 0 bridgehead atoms. The van der Waals surface area contributed by atoms with Gasteiger partial charge < -0.3 is 21.2 Å². The van der Waals surface area contributed by atoms with Crippen molar-refractivity contribution >= 4 is 92.6 Å². The number of carbonyl (C=O) groups excluding carboxylic acids is 2. The first-order valence-corrected chi connectivity index (χ1v) is 15.9. The molecule has 44 heavy (non-hydrogen) atoms. The predicted octanol–water partition coefficient (Wildman–Crippen LogP) is 6.38. The van der Waals surface area contributed by atoms with E-state index in [4.69, 9.17) is 69.6 Å². The molecule has 2 aromatic carbocycles. The fraction of sp³-hybridized carbons (Fsp3) is 0.419. The van der Waals surface area contributed by atoms with Crippen LogP contribution in [0.5, 0.6) is 0 Å². The van der Waals surface area contributed by atoms with Crippen LogP contribution in [0.25, 0.3) is 11.1 Å². The smallest absolute Gasteiger partial charge is 0.870 e. The van der Waals surface area contributed by atoms with Crippen molar-refractivity contribution in [3.05, 3.63) is 75.9 Å². The normalized spacial score (nSPS) is 24.3. The predicted molar refractivity (Wildman–Crippen MR) is 175 cm³/mol. The van der Waals surface area contributed by atoms with Gasteiger partial charge in [-0.15, -0.1) is 0 Å². The number of aliphatic hydroxyl groups excluding tert-OH is 1. The van der Waals surface area contributed by atoms with E-state index in [9.17, 15) is 14.7 Å². The Morgan fingerprint density at radius 3 is 1.48 bits per heavy atom. The summed E-state index contributed by atoms with van der Waals surface area (Å²) in [6, 6.07) is 3.10. The summed E-state index contributed by atoms with van der Waals surface area (Å²) in [7, 11) is 0. The summed E-state index contributed by atoms with van der Waals surface area (Å²) in [4.78, 5) is 24.9. The molecule has 2 aliphatic carbocycles. The molecule has 2 amide bonds. The number of aliphatic hydroxyl groups is 1. The average molecular weight is 731 g/mol. The van der Waals surface area contributed by atoms with E-state index in [0.717, 1.165) is 36.8 Å². The summed E-state index contributed by atoms with van der Waals surface area (Å²) in [5.41, 5.74) is 3.39. The van der Waals surface area contributed by atoms with Gasteiger partial charge in [0.15, 0.2) is 0 Å². The molecule has 6 rings (SSSR count). The number of hydrogen-bond acceptors (Lipinski definition) is 4. The minimum Gasteiger partial charge on any atom is -0.870 e. The summed E-state index contributed by atoms with van der Waals surface area (Å²) in [5, 5.41) is 18.9. The van der Waals surface area contributed by atoms with Gasteiger partial charge in [0.25, 0.3) is 11.8 Å². The molecular weight excluding hydrogens is 700 g/mol. The number of rotatable bonds is 4. The minimum atomic E-state index is -0.714. The van der Waals surface area contributed by atoms with Gasteiger partial charge in [0, 0.05) is 16.7 Å². The van der Waals surface area contributed by atoms with Crippen molar-refractivity contribution in [2.45, 2.75) is 71.4 Å². The van der Waals surface area contributed by atoms with Crippen LogP contribution in [-0.2, 0) is 9.59 Å². The zero-order chi connectivity index (χ0) is 31.0. The maximum Gasteiger partial charge on any atom is 1.00 e. The van der Waals surface area contributed by atoms with Gasteiger partial charge in [-0.25, -0.2) is 0 Å². The fourth-order valence-corrected chi connectivity index (χ4v) is 7.75. The number of carbonyl (C=O) groups is 2.